The SMILES string of the molecule is CN(Cc1nc(C(F)(F)F)cs1)C(=O)c1cc(-c2ncco2)cc(-c2nnc(C(C)(N)Cc3ccccc3)o2)c1. The molecule has 13 heteroatoms. The number of nitrogens with zero attached hydrogens (tertiary/aromatic N) is 5. The number of aromatic nitrogens is 4. The number of hydrogen-bond acceptors (Lipinski definition) is 9. The summed E-state index contributed by atoms with van der Waals surface area (Å²) in [6.07, 6.45) is -1.25. The van der Waals surface area contributed by atoms with Crippen molar-refractivity contribution in [2.24, 2.45) is 5.73 Å². The zero-order chi connectivity index (χ0) is 28.5. The van der Waals surface area contributed by atoms with Crippen molar-refractivity contribution < 1.29 is 26.8 Å². The first kappa shape index (κ1) is 27.2. The van der Waals surface area contributed by atoms with Crippen LogP contribution in [-0.2, 0) is 24.7 Å². The molecule has 3 heterocycles. The summed E-state index contributed by atoms with van der Waals surface area (Å²) in [7, 11) is 1.47. The predicted octanol–water partition coefficient (Wildman–Crippen LogP) is 5.56. The van der Waals surface area contributed by atoms with Crippen LogP contribution < -0.4 is 5.73 Å². The molecular weight excluding hydrogens is 545 g/mol. The molecular formula is C27H23F3N6O3S. The highest BCUT2D eigenvalue weighted by atomic mass is 32.1. The van der Waals surface area contributed by atoms with E-state index in [-0.39, 0.29) is 34.8 Å². The summed E-state index contributed by atoms with van der Waals surface area (Å²) in [5, 5.41) is 9.40. The van der Waals surface area contributed by atoms with Gasteiger partial charge in [0, 0.05) is 29.1 Å². The summed E-state index contributed by atoms with van der Waals surface area (Å²) in [4.78, 5) is 22.4. The lowest BCUT2D eigenvalue weighted by Crippen LogP contribution is -2.35. The van der Waals surface area contributed by atoms with Gasteiger partial charge in [0.1, 0.15) is 11.3 Å². The normalized spacial score (nSPS) is 13.2. The first-order valence-electron chi connectivity index (χ1n) is 12.0. The Morgan fingerprint density at radius 1 is 1.07 bits per heavy atom. The molecule has 0 saturated heterocycles. The molecule has 9 nitrogen and oxygen atoms in total. The summed E-state index contributed by atoms with van der Waals surface area (Å²) in [6, 6.07) is 14.4. The lowest BCUT2D eigenvalue weighted by atomic mass is 9.94. The van der Waals surface area contributed by atoms with Crippen molar-refractivity contribution in [3.8, 4) is 22.9 Å². The van der Waals surface area contributed by atoms with Crippen LogP contribution in [0.4, 0.5) is 13.2 Å². The van der Waals surface area contributed by atoms with Crippen LogP contribution in [0.1, 0.15) is 39.4 Å². The van der Waals surface area contributed by atoms with E-state index >= 15 is 0 Å². The third kappa shape index (κ3) is 5.95. The van der Waals surface area contributed by atoms with E-state index in [1.165, 1.54) is 24.4 Å². The highest BCUT2D eigenvalue weighted by Gasteiger charge is 2.34. The lowest BCUT2D eigenvalue weighted by molar-refractivity contribution is -0.140. The maximum absolute atomic E-state index is 13.4. The molecule has 0 fully saturated rings. The summed E-state index contributed by atoms with van der Waals surface area (Å²) in [5.41, 5.74) is 6.66. The number of alkyl halides is 3. The van der Waals surface area contributed by atoms with Crippen LogP contribution in [0.25, 0.3) is 22.9 Å². The minimum absolute atomic E-state index is 0.117. The number of halogens is 3. The average Bonchev–Trinajstić information content (AvgIpc) is 3.70. The van der Waals surface area contributed by atoms with E-state index in [1.807, 2.05) is 30.3 Å². The molecule has 3 aromatic heterocycles. The maximum Gasteiger partial charge on any atom is 0.434 e. The molecule has 5 aromatic rings. The van der Waals surface area contributed by atoms with Gasteiger partial charge in [-0.05, 0) is 37.1 Å². The fraction of sp³-hybridized carbons (Fsp3) is 0.222. The Labute approximate surface area is 230 Å². The third-order valence-corrected chi connectivity index (χ3v) is 6.83. The van der Waals surface area contributed by atoms with E-state index in [4.69, 9.17) is 14.6 Å². The Kier molecular flexibility index (Phi) is 7.25. The van der Waals surface area contributed by atoms with Gasteiger partial charge < -0.3 is 19.5 Å². The highest BCUT2D eigenvalue weighted by Crippen LogP contribution is 2.32. The second-order valence-corrected chi connectivity index (χ2v) is 10.4. The Bertz CT molecular complexity index is 1610. The Morgan fingerprint density at radius 2 is 1.80 bits per heavy atom. The van der Waals surface area contributed by atoms with Gasteiger partial charge in [-0.2, -0.15) is 13.2 Å². The van der Waals surface area contributed by atoms with Crippen molar-refractivity contribution in [3.05, 3.63) is 94.1 Å². The molecule has 5 rings (SSSR count). The number of hydrogen-bond donors (Lipinski definition) is 1. The van der Waals surface area contributed by atoms with Gasteiger partial charge in [-0.25, -0.2) is 9.97 Å². The van der Waals surface area contributed by atoms with Crippen molar-refractivity contribution >= 4 is 17.2 Å². The van der Waals surface area contributed by atoms with Crippen LogP contribution in [0.2, 0.25) is 0 Å². The summed E-state index contributed by atoms with van der Waals surface area (Å²) < 4.78 is 50.2. The minimum Gasteiger partial charge on any atom is -0.445 e. The first-order chi connectivity index (χ1) is 19.0. The molecule has 0 bridgehead atoms. The van der Waals surface area contributed by atoms with Crippen LogP contribution in [0.3, 0.4) is 0 Å². The lowest BCUT2D eigenvalue weighted by Gasteiger charge is -2.20. The van der Waals surface area contributed by atoms with Gasteiger partial charge in [0.2, 0.25) is 17.7 Å². The summed E-state index contributed by atoms with van der Waals surface area (Å²) in [6.45, 7) is 1.67. The summed E-state index contributed by atoms with van der Waals surface area (Å²) >= 11 is 0.829. The van der Waals surface area contributed by atoms with Crippen molar-refractivity contribution in [1.82, 2.24) is 25.1 Å². The molecule has 0 spiro atoms. The number of carbonyl (C=O) groups excluding carboxylic acids is 1. The van der Waals surface area contributed by atoms with Gasteiger partial charge >= 0.3 is 6.18 Å². The van der Waals surface area contributed by atoms with E-state index < -0.39 is 23.3 Å². The number of rotatable bonds is 8. The number of carbonyl (C=O) groups is 1. The maximum atomic E-state index is 13.4. The Morgan fingerprint density at radius 3 is 2.45 bits per heavy atom. The van der Waals surface area contributed by atoms with Gasteiger partial charge in [0.25, 0.3) is 5.91 Å². The Hall–Kier alpha value is -4.36. The van der Waals surface area contributed by atoms with E-state index in [2.05, 4.69) is 20.2 Å². The van der Waals surface area contributed by atoms with Crippen LogP contribution in [-0.4, -0.2) is 38.0 Å². The Balaban J connectivity index is 1.44. The minimum atomic E-state index is -4.56. The fourth-order valence-corrected chi connectivity index (χ4v) is 4.89. The van der Waals surface area contributed by atoms with E-state index in [0.29, 0.717) is 17.5 Å². The molecule has 0 saturated carbocycles. The van der Waals surface area contributed by atoms with Gasteiger partial charge in [-0.15, -0.1) is 21.5 Å². The van der Waals surface area contributed by atoms with Crippen LogP contribution in [0, 0.1) is 0 Å². The molecule has 2 N–H and O–H groups in total. The topological polar surface area (TPSA) is 124 Å². The zero-order valence-corrected chi connectivity index (χ0v) is 22.2. The van der Waals surface area contributed by atoms with E-state index in [9.17, 15) is 18.0 Å². The number of benzene rings is 2. The molecule has 206 valence electrons. The zero-order valence-electron chi connectivity index (χ0n) is 21.3. The monoisotopic (exact) mass is 568 g/mol. The fourth-order valence-electron chi connectivity index (χ4n) is 4.04. The van der Waals surface area contributed by atoms with Crippen molar-refractivity contribution in [1.29, 1.82) is 0 Å². The number of thiazole rings is 1. The first-order valence-corrected chi connectivity index (χ1v) is 12.9. The smallest absolute Gasteiger partial charge is 0.434 e. The van der Waals surface area contributed by atoms with Crippen molar-refractivity contribution in [3.63, 3.8) is 0 Å². The van der Waals surface area contributed by atoms with Gasteiger partial charge in [0.15, 0.2) is 5.69 Å². The van der Waals surface area contributed by atoms with Crippen LogP contribution >= 0.6 is 11.3 Å². The molecule has 40 heavy (non-hydrogen) atoms. The van der Waals surface area contributed by atoms with Gasteiger partial charge in [-0.1, -0.05) is 30.3 Å². The van der Waals surface area contributed by atoms with Crippen molar-refractivity contribution in [2.75, 3.05) is 7.05 Å². The molecule has 0 radical (unpaired) electrons. The standard InChI is InChI=1S/C27H23F3N6O3S/c1-26(31,13-16-6-4-3-5-7-16)25-35-34-23(39-25)18-10-17(22-32-8-9-38-22)11-19(12-18)24(37)36(2)14-21-33-20(15-40-21)27(28,29)30/h3-12,15H,13-14,31H2,1-2H3. The molecule has 1 atom stereocenters. The molecule has 2 aromatic carbocycles. The van der Waals surface area contributed by atoms with Gasteiger partial charge in [0.05, 0.1) is 18.3 Å². The quantitative estimate of drug-likeness (QED) is 0.258. The van der Waals surface area contributed by atoms with Crippen LogP contribution in [0.5, 0.6) is 0 Å². The van der Waals surface area contributed by atoms with Crippen LogP contribution in [0.15, 0.2) is 75.2 Å². The molecule has 0 aliphatic carbocycles. The van der Waals surface area contributed by atoms with E-state index in [0.717, 1.165) is 22.3 Å². The number of nitrogens with two attached hydrogens (primary N) is 1. The number of amides is 1. The molecule has 1 amide bonds. The third-order valence-electron chi connectivity index (χ3n) is 6.00. The average molecular weight is 569 g/mol. The second kappa shape index (κ2) is 10.7. The molecule has 1 unspecified atom stereocenters. The molecule has 0 aliphatic rings. The highest BCUT2D eigenvalue weighted by molar-refractivity contribution is 7.09. The predicted molar refractivity (Wildman–Crippen MR) is 140 cm³/mol. The van der Waals surface area contributed by atoms with Crippen molar-refractivity contribution in [2.45, 2.75) is 31.6 Å². The largest absolute Gasteiger partial charge is 0.445 e. The second-order valence-electron chi connectivity index (χ2n) is 9.41. The van der Waals surface area contributed by atoms with E-state index in [1.54, 1.807) is 25.1 Å². The number of oxazole rings is 1. The van der Waals surface area contributed by atoms with Gasteiger partial charge in [-0.3, -0.25) is 4.79 Å². The summed E-state index contributed by atoms with van der Waals surface area (Å²) in [5.74, 6) is 0.119. The molecule has 0 aliphatic heterocycles.